The van der Waals surface area contributed by atoms with Crippen molar-refractivity contribution >= 4 is 16.5 Å². The molecule has 0 radical (unpaired) electrons. The molecular formula is C17H33N3S. The number of rotatable bonds is 9. The van der Waals surface area contributed by atoms with Crippen LogP contribution in [-0.4, -0.2) is 25.1 Å². The van der Waals surface area contributed by atoms with Gasteiger partial charge in [-0.3, -0.25) is 0 Å². The molecule has 1 unspecified atom stereocenters. The topological polar surface area (TPSA) is 28.2 Å². The molecule has 21 heavy (non-hydrogen) atoms. The molecule has 0 fully saturated rings. The van der Waals surface area contributed by atoms with Crippen molar-refractivity contribution in [2.24, 2.45) is 11.8 Å². The zero-order chi connectivity index (χ0) is 16.0. The zero-order valence-corrected chi connectivity index (χ0v) is 15.7. The van der Waals surface area contributed by atoms with Crippen LogP contribution in [-0.2, 0) is 6.54 Å². The van der Waals surface area contributed by atoms with Crippen LogP contribution in [0.25, 0.3) is 0 Å². The summed E-state index contributed by atoms with van der Waals surface area (Å²) in [5.74, 6) is 1.86. The van der Waals surface area contributed by atoms with Crippen LogP contribution in [0.4, 0.5) is 5.13 Å². The molecule has 1 aromatic rings. The van der Waals surface area contributed by atoms with Crippen molar-refractivity contribution in [3.8, 4) is 0 Å². The molecule has 0 aromatic carbocycles. The van der Waals surface area contributed by atoms with Crippen LogP contribution in [0, 0.1) is 11.8 Å². The van der Waals surface area contributed by atoms with Crippen LogP contribution >= 0.6 is 11.3 Å². The summed E-state index contributed by atoms with van der Waals surface area (Å²) in [6, 6.07) is 0. The van der Waals surface area contributed by atoms with Crippen molar-refractivity contribution in [1.29, 1.82) is 0 Å². The molecule has 0 aliphatic heterocycles. The second-order valence-electron chi connectivity index (χ2n) is 6.84. The van der Waals surface area contributed by atoms with Gasteiger partial charge in [-0.25, -0.2) is 4.98 Å². The van der Waals surface area contributed by atoms with Crippen LogP contribution in [0.3, 0.4) is 0 Å². The summed E-state index contributed by atoms with van der Waals surface area (Å²) < 4.78 is 0. The first-order valence-electron chi connectivity index (χ1n) is 8.28. The summed E-state index contributed by atoms with van der Waals surface area (Å²) >= 11 is 1.87. The first kappa shape index (κ1) is 18.4. The fraction of sp³-hybridized carbons (Fsp3) is 0.824. The van der Waals surface area contributed by atoms with Crippen molar-refractivity contribution < 1.29 is 0 Å². The molecule has 3 nitrogen and oxygen atoms in total. The quantitative estimate of drug-likeness (QED) is 0.728. The highest BCUT2D eigenvalue weighted by atomic mass is 32.1. The number of hydrogen-bond acceptors (Lipinski definition) is 4. The maximum Gasteiger partial charge on any atom is 0.185 e. The molecule has 0 amide bonds. The highest BCUT2D eigenvalue weighted by Gasteiger charge is 2.20. The summed E-state index contributed by atoms with van der Waals surface area (Å²) in [5.41, 5.74) is 1.30. The zero-order valence-electron chi connectivity index (χ0n) is 14.9. The Morgan fingerprint density at radius 3 is 2.10 bits per heavy atom. The van der Waals surface area contributed by atoms with Crippen molar-refractivity contribution in [3.63, 3.8) is 0 Å². The average Bonchev–Trinajstić information content (AvgIpc) is 2.80. The molecule has 1 heterocycles. The van der Waals surface area contributed by atoms with E-state index in [0.717, 1.165) is 26.1 Å². The van der Waals surface area contributed by atoms with E-state index in [9.17, 15) is 0 Å². The minimum Gasteiger partial charge on any atom is -0.348 e. The van der Waals surface area contributed by atoms with Gasteiger partial charge >= 0.3 is 0 Å². The lowest BCUT2D eigenvalue weighted by Crippen LogP contribution is -2.31. The van der Waals surface area contributed by atoms with E-state index in [1.807, 2.05) is 18.4 Å². The summed E-state index contributed by atoms with van der Waals surface area (Å²) in [6.07, 6.45) is 1.15. The Balaban J connectivity index is 3.06. The fourth-order valence-corrected chi connectivity index (χ4v) is 3.67. The Kier molecular flexibility index (Phi) is 7.67. The third-order valence-corrected chi connectivity index (χ3v) is 4.71. The van der Waals surface area contributed by atoms with Crippen LogP contribution in [0.5, 0.6) is 0 Å². The first-order valence-corrected chi connectivity index (χ1v) is 9.09. The molecule has 1 rings (SSSR count). The molecule has 1 atom stereocenters. The molecule has 0 bridgehead atoms. The van der Waals surface area contributed by atoms with Gasteiger partial charge in [0.1, 0.15) is 0 Å². The number of hydrogen-bond donors (Lipinski definition) is 1. The minimum atomic E-state index is 0.540. The van der Waals surface area contributed by atoms with Crippen LogP contribution in [0.2, 0.25) is 0 Å². The maximum absolute atomic E-state index is 5.01. The lowest BCUT2D eigenvalue weighted by atomic mass is 10.0. The van der Waals surface area contributed by atoms with Crippen LogP contribution in [0.1, 0.15) is 64.5 Å². The van der Waals surface area contributed by atoms with E-state index in [-0.39, 0.29) is 0 Å². The van der Waals surface area contributed by atoms with E-state index in [0.29, 0.717) is 17.8 Å². The maximum atomic E-state index is 5.01. The molecule has 1 aromatic heterocycles. The van der Waals surface area contributed by atoms with Gasteiger partial charge < -0.3 is 10.2 Å². The van der Waals surface area contributed by atoms with Gasteiger partial charge in [0.15, 0.2) is 5.13 Å². The van der Waals surface area contributed by atoms with E-state index >= 15 is 0 Å². The highest BCUT2D eigenvalue weighted by Crippen LogP contribution is 2.32. The van der Waals surface area contributed by atoms with Crippen molar-refractivity contribution in [2.45, 2.75) is 60.4 Å². The van der Waals surface area contributed by atoms with Gasteiger partial charge in [0.05, 0.1) is 5.69 Å². The molecule has 0 saturated carbocycles. The van der Waals surface area contributed by atoms with E-state index in [2.05, 4.69) is 51.8 Å². The van der Waals surface area contributed by atoms with E-state index in [4.69, 9.17) is 4.98 Å². The molecule has 0 saturated heterocycles. The normalized spacial score (nSPS) is 13.2. The lowest BCUT2D eigenvalue weighted by molar-refractivity contribution is 0.551. The number of thiazole rings is 1. The highest BCUT2D eigenvalue weighted by molar-refractivity contribution is 7.15. The summed E-state index contributed by atoms with van der Waals surface area (Å²) in [4.78, 5) is 8.89. The summed E-state index contributed by atoms with van der Waals surface area (Å²) in [5, 5.41) is 4.50. The Labute approximate surface area is 135 Å². The molecule has 0 aliphatic carbocycles. The smallest absolute Gasteiger partial charge is 0.185 e. The van der Waals surface area contributed by atoms with Gasteiger partial charge in [-0.2, -0.15) is 0 Å². The third kappa shape index (κ3) is 5.59. The molecular weight excluding hydrogens is 278 g/mol. The summed E-state index contributed by atoms with van der Waals surface area (Å²) in [6.45, 7) is 16.8. The monoisotopic (exact) mass is 311 g/mol. The van der Waals surface area contributed by atoms with Gasteiger partial charge in [-0.1, -0.05) is 41.5 Å². The molecule has 122 valence electrons. The van der Waals surface area contributed by atoms with Gasteiger partial charge in [0.2, 0.25) is 0 Å². The van der Waals surface area contributed by atoms with Gasteiger partial charge in [0, 0.05) is 24.5 Å². The second kappa shape index (κ2) is 8.74. The Bertz CT molecular complexity index is 402. The van der Waals surface area contributed by atoms with E-state index in [1.54, 1.807) is 0 Å². The largest absolute Gasteiger partial charge is 0.348 e. The van der Waals surface area contributed by atoms with Crippen LogP contribution < -0.4 is 10.2 Å². The molecule has 0 spiro atoms. The number of nitrogens with zero attached hydrogens (tertiary/aromatic N) is 2. The summed E-state index contributed by atoms with van der Waals surface area (Å²) in [7, 11) is 2.01. The van der Waals surface area contributed by atoms with E-state index in [1.165, 1.54) is 15.7 Å². The fourth-order valence-electron chi connectivity index (χ4n) is 2.46. The van der Waals surface area contributed by atoms with Gasteiger partial charge in [-0.15, -0.1) is 11.3 Å². The van der Waals surface area contributed by atoms with Crippen molar-refractivity contribution in [2.75, 3.05) is 25.0 Å². The first-order chi connectivity index (χ1) is 9.88. The van der Waals surface area contributed by atoms with Crippen molar-refractivity contribution in [1.82, 2.24) is 10.3 Å². The molecule has 0 aliphatic rings. The number of aromatic nitrogens is 1. The van der Waals surface area contributed by atoms with Gasteiger partial charge in [0.25, 0.3) is 0 Å². The lowest BCUT2D eigenvalue weighted by Gasteiger charge is -2.25. The second-order valence-corrected chi connectivity index (χ2v) is 7.90. The average molecular weight is 312 g/mol. The Morgan fingerprint density at radius 1 is 1.10 bits per heavy atom. The van der Waals surface area contributed by atoms with Crippen molar-refractivity contribution in [3.05, 3.63) is 10.6 Å². The standard InChI is InChI=1S/C17H33N3S/c1-8-14(6)16-15(9-18-7)21-17(19-16)20(10-12(2)3)11-13(4)5/h12-14,18H,8-11H2,1-7H3. The van der Waals surface area contributed by atoms with Gasteiger partial charge in [-0.05, 0) is 31.2 Å². The molecule has 4 heteroatoms. The molecule has 1 N–H and O–H groups in total. The third-order valence-electron chi connectivity index (χ3n) is 3.57. The number of anilines is 1. The minimum absolute atomic E-state index is 0.540. The van der Waals surface area contributed by atoms with E-state index < -0.39 is 0 Å². The Hall–Kier alpha value is -0.610. The van der Waals surface area contributed by atoms with Crippen LogP contribution in [0.15, 0.2) is 0 Å². The SMILES string of the molecule is CCC(C)c1nc(N(CC(C)C)CC(C)C)sc1CNC. The number of nitrogens with one attached hydrogen (secondary N) is 1. The predicted molar refractivity (Wildman–Crippen MR) is 95.5 cm³/mol. The predicted octanol–water partition coefficient (Wildman–Crippen LogP) is 4.49. The Morgan fingerprint density at radius 2 is 1.67 bits per heavy atom.